The molecule has 0 N–H and O–H groups in total. The third-order valence-electron chi connectivity index (χ3n) is 3.54. The maximum absolute atomic E-state index is 12.4. The van der Waals surface area contributed by atoms with Gasteiger partial charge >= 0.3 is 0 Å². The van der Waals surface area contributed by atoms with Crippen LogP contribution >= 0.6 is 15.9 Å². The van der Waals surface area contributed by atoms with E-state index < -0.39 is 0 Å². The molecule has 1 aromatic carbocycles. The first-order valence-corrected chi connectivity index (χ1v) is 7.16. The van der Waals surface area contributed by atoms with Gasteiger partial charge in [-0.2, -0.15) is 5.26 Å². The lowest BCUT2D eigenvalue weighted by molar-refractivity contribution is 0.0738. The Morgan fingerprint density at radius 1 is 1.61 bits per heavy atom. The molecular weight excluding hydrogens is 292 g/mol. The van der Waals surface area contributed by atoms with Crippen LogP contribution in [0.15, 0.2) is 24.3 Å². The number of halogens is 1. The molecule has 0 aliphatic carbocycles. The summed E-state index contributed by atoms with van der Waals surface area (Å²) in [5.74, 6) is 0.549. The second-order valence-electron chi connectivity index (χ2n) is 4.68. The highest BCUT2D eigenvalue weighted by atomic mass is 79.9. The summed E-state index contributed by atoms with van der Waals surface area (Å²) < 4.78 is 0. The van der Waals surface area contributed by atoms with Crippen molar-refractivity contribution < 1.29 is 4.79 Å². The van der Waals surface area contributed by atoms with Crippen molar-refractivity contribution in [2.45, 2.75) is 19.4 Å². The first-order valence-electron chi connectivity index (χ1n) is 6.04. The summed E-state index contributed by atoms with van der Waals surface area (Å²) in [7, 11) is 0. The normalized spacial score (nSPS) is 22.8. The van der Waals surface area contributed by atoms with Gasteiger partial charge in [-0.15, -0.1) is 0 Å². The van der Waals surface area contributed by atoms with E-state index in [-0.39, 0.29) is 11.9 Å². The second-order valence-corrected chi connectivity index (χ2v) is 5.33. The molecule has 3 nitrogen and oxygen atoms in total. The van der Waals surface area contributed by atoms with Crippen LogP contribution in [0.3, 0.4) is 0 Å². The summed E-state index contributed by atoms with van der Waals surface area (Å²) in [6, 6.07) is 9.23. The van der Waals surface area contributed by atoms with Crippen molar-refractivity contribution >= 4 is 21.8 Å². The van der Waals surface area contributed by atoms with Gasteiger partial charge in [0.1, 0.15) is 0 Å². The molecule has 18 heavy (non-hydrogen) atoms. The van der Waals surface area contributed by atoms with E-state index in [0.717, 1.165) is 18.3 Å². The molecule has 1 aromatic rings. The van der Waals surface area contributed by atoms with Crippen LogP contribution in [-0.2, 0) is 0 Å². The average molecular weight is 307 g/mol. The standard InChI is InChI=1S/C14H15BrN2O/c1-10-5-6-17(13(10)8-15)14(18)12-4-2-3-11(7-12)9-16/h2-4,7,10,13H,5-6,8H2,1H3. The maximum Gasteiger partial charge on any atom is 0.254 e. The van der Waals surface area contributed by atoms with Crippen LogP contribution in [-0.4, -0.2) is 28.7 Å². The lowest BCUT2D eigenvalue weighted by Gasteiger charge is -2.25. The van der Waals surface area contributed by atoms with Gasteiger partial charge in [-0.25, -0.2) is 0 Å². The fourth-order valence-electron chi connectivity index (χ4n) is 2.38. The molecule has 0 spiro atoms. The molecule has 0 aromatic heterocycles. The quantitative estimate of drug-likeness (QED) is 0.789. The van der Waals surface area contributed by atoms with Gasteiger partial charge in [0.15, 0.2) is 0 Å². The highest BCUT2D eigenvalue weighted by molar-refractivity contribution is 9.09. The van der Waals surface area contributed by atoms with Crippen molar-refractivity contribution in [2.24, 2.45) is 5.92 Å². The molecule has 1 amide bonds. The van der Waals surface area contributed by atoms with Crippen LogP contribution in [0.4, 0.5) is 0 Å². The predicted molar refractivity (Wildman–Crippen MR) is 73.6 cm³/mol. The number of rotatable bonds is 2. The van der Waals surface area contributed by atoms with Gasteiger partial charge in [0.25, 0.3) is 5.91 Å². The van der Waals surface area contributed by atoms with Crippen LogP contribution in [0.25, 0.3) is 0 Å². The molecule has 2 rings (SSSR count). The Morgan fingerprint density at radius 2 is 2.39 bits per heavy atom. The number of carbonyl (C=O) groups excluding carboxylic acids is 1. The number of nitriles is 1. The van der Waals surface area contributed by atoms with Crippen molar-refractivity contribution in [2.75, 3.05) is 11.9 Å². The molecular formula is C14H15BrN2O. The van der Waals surface area contributed by atoms with Gasteiger partial charge in [0.2, 0.25) is 0 Å². The van der Waals surface area contributed by atoms with E-state index in [1.54, 1.807) is 24.3 Å². The van der Waals surface area contributed by atoms with Crippen LogP contribution in [0, 0.1) is 17.2 Å². The first kappa shape index (κ1) is 13.1. The Morgan fingerprint density at radius 3 is 3.06 bits per heavy atom. The van der Waals surface area contributed by atoms with Crippen molar-refractivity contribution in [1.82, 2.24) is 4.90 Å². The molecule has 94 valence electrons. The fourth-order valence-corrected chi connectivity index (χ4v) is 3.37. The number of hydrogen-bond acceptors (Lipinski definition) is 2. The fraction of sp³-hybridized carbons (Fsp3) is 0.429. The predicted octanol–water partition coefficient (Wildman–Crippen LogP) is 2.80. The van der Waals surface area contributed by atoms with Gasteiger partial charge in [0, 0.05) is 23.5 Å². The summed E-state index contributed by atoms with van der Waals surface area (Å²) >= 11 is 3.48. The van der Waals surface area contributed by atoms with E-state index in [9.17, 15) is 4.79 Å². The molecule has 0 saturated carbocycles. The minimum absolute atomic E-state index is 0.0286. The Labute approximate surface area is 116 Å². The number of carbonyl (C=O) groups is 1. The van der Waals surface area contributed by atoms with E-state index >= 15 is 0 Å². The SMILES string of the molecule is CC1CCN(C(=O)c2cccc(C#N)c2)C1CBr. The maximum atomic E-state index is 12.4. The zero-order chi connectivity index (χ0) is 13.1. The Bertz CT molecular complexity index is 495. The molecule has 1 aliphatic rings. The van der Waals surface area contributed by atoms with Gasteiger partial charge in [-0.3, -0.25) is 4.79 Å². The van der Waals surface area contributed by atoms with Gasteiger partial charge in [0.05, 0.1) is 11.6 Å². The van der Waals surface area contributed by atoms with Gasteiger partial charge in [-0.1, -0.05) is 28.9 Å². The Hall–Kier alpha value is -1.34. The lowest BCUT2D eigenvalue weighted by Crippen LogP contribution is -2.38. The van der Waals surface area contributed by atoms with Crippen molar-refractivity contribution in [1.29, 1.82) is 5.26 Å². The van der Waals surface area contributed by atoms with Crippen LogP contribution in [0.1, 0.15) is 29.3 Å². The van der Waals surface area contributed by atoms with Crippen molar-refractivity contribution in [3.8, 4) is 6.07 Å². The largest absolute Gasteiger partial charge is 0.335 e. The minimum Gasteiger partial charge on any atom is -0.335 e. The van der Waals surface area contributed by atoms with E-state index in [1.165, 1.54) is 0 Å². The molecule has 4 heteroatoms. The molecule has 2 unspecified atom stereocenters. The summed E-state index contributed by atoms with van der Waals surface area (Å²) in [6.07, 6.45) is 1.04. The third kappa shape index (κ3) is 2.41. The van der Waals surface area contributed by atoms with E-state index in [1.807, 2.05) is 4.90 Å². The molecule has 0 bridgehead atoms. The second kappa shape index (κ2) is 5.53. The lowest BCUT2D eigenvalue weighted by atomic mass is 10.0. The molecule has 2 atom stereocenters. The number of benzene rings is 1. The zero-order valence-electron chi connectivity index (χ0n) is 10.3. The van der Waals surface area contributed by atoms with Gasteiger partial charge in [-0.05, 0) is 30.5 Å². The molecule has 0 radical (unpaired) electrons. The molecule has 1 aliphatic heterocycles. The van der Waals surface area contributed by atoms with E-state index in [2.05, 4.69) is 28.9 Å². The van der Waals surface area contributed by atoms with Crippen LogP contribution in [0.2, 0.25) is 0 Å². The van der Waals surface area contributed by atoms with Crippen LogP contribution < -0.4 is 0 Å². The molecule has 1 heterocycles. The van der Waals surface area contributed by atoms with Crippen LogP contribution in [0.5, 0.6) is 0 Å². The summed E-state index contributed by atoms with van der Waals surface area (Å²) in [4.78, 5) is 14.3. The topological polar surface area (TPSA) is 44.1 Å². The molecule has 1 saturated heterocycles. The number of nitrogens with zero attached hydrogens (tertiary/aromatic N) is 2. The Balaban J connectivity index is 2.23. The van der Waals surface area contributed by atoms with E-state index in [4.69, 9.17) is 5.26 Å². The van der Waals surface area contributed by atoms with Gasteiger partial charge < -0.3 is 4.90 Å². The summed E-state index contributed by atoms with van der Waals surface area (Å²) in [5, 5.41) is 9.67. The minimum atomic E-state index is 0.0286. The summed E-state index contributed by atoms with van der Waals surface area (Å²) in [6.45, 7) is 2.97. The third-order valence-corrected chi connectivity index (χ3v) is 4.20. The average Bonchev–Trinajstić information content (AvgIpc) is 2.79. The number of amides is 1. The van der Waals surface area contributed by atoms with E-state index in [0.29, 0.717) is 17.0 Å². The first-order chi connectivity index (χ1) is 8.67. The van der Waals surface area contributed by atoms with Crippen molar-refractivity contribution in [3.63, 3.8) is 0 Å². The smallest absolute Gasteiger partial charge is 0.254 e. The van der Waals surface area contributed by atoms with Crippen molar-refractivity contribution in [3.05, 3.63) is 35.4 Å². The zero-order valence-corrected chi connectivity index (χ0v) is 11.9. The highest BCUT2D eigenvalue weighted by Crippen LogP contribution is 2.27. The number of likely N-dealkylation sites (tertiary alicyclic amines) is 1. The molecule has 1 fully saturated rings. The Kier molecular flexibility index (Phi) is 4.03. The highest BCUT2D eigenvalue weighted by Gasteiger charge is 2.33. The summed E-state index contributed by atoms with van der Waals surface area (Å²) in [5.41, 5.74) is 1.14. The monoisotopic (exact) mass is 306 g/mol. The number of alkyl halides is 1. The number of hydrogen-bond donors (Lipinski definition) is 0.